The topological polar surface area (TPSA) is 61.6 Å². The number of carbonyl (C=O) groups is 1. The molecular formula is C17H20N4O. The first-order valence-electron chi connectivity index (χ1n) is 7.44. The zero-order valence-electron chi connectivity index (χ0n) is 12.4. The van der Waals surface area contributed by atoms with Crippen molar-refractivity contribution in [1.82, 2.24) is 4.90 Å². The Kier molecular flexibility index (Phi) is 4.14. The van der Waals surface area contributed by atoms with E-state index in [9.17, 15) is 4.79 Å². The Morgan fingerprint density at radius 1 is 0.909 bits per heavy atom. The third kappa shape index (κ3) is 3.31. The van der Waals surface area contributed by atoms with E-state index in [-0.39, 0.29) is 6.03 Å². The van der Waals surface area contributed by atoms with Crippen molar-refractivity contribution in [2.75, 3.05) is 42.1 Å². The Bertz CT molecular complexity index is 619. The fraction of sp³-hybridized carbons (Fsp3) is 0.235. The van der Waals surface area contributed by atoms with E-state index < -0.39 is 0 Å². The number of urea groups is 1. The number of para-hydroxylation sites is 1. The lowest BCUT2D eigenvalue weighted by Crippen LogP contribution is -2.50. The Hall–Kier alpha value is -2.69. The fourth-order valence-electron chi connectivity index (χ4n) is 2.58. The summed E-state index contributed by atoms with van der Waals surface area (Å²) in [7, 11) is 0. The molecule has 1 heterocycles. The first kappa shape index (κ1) is 14.3. The zero-order valence-corrected chi connectivity index (χ0v) is 12.4. The SMILES string of the molecule is Nc1ccc(NC(=O)N2CCN(c3ccccc3)CC2)cc1. The minimum Gasteiger partial charge on any atom is -0.399 e. The number of amides is 2. The van der Waals surface area contributed by atoms with Crippen molar-refractivity contribution >= 4 is 23.1 Å². The van der Waals surface area contributed by atoms with E-state index in [0.29, 0.717) is 5.69 Å². The van der Waals surface area contributed by atoms with Crippen molar-refractivity contribution in [2.45, 2.75) is 0 Å². The highest BCUT2D eigenvalue weighted by Crippen LogP contribution is 2.16. The summed E-state index contributed by atoms with van der Waals surface area (Å²) in [5.41, 5.74) is 8.31. The molecule has 0 saturated carbocycles. The number of carbonyl (C=O) groups excluding carboxylic acids is 1. The van der Waals surface area contributed by atoms with Crippen molar-refractivity contribution < 1.29 is 4.79 Å². The Balaban J connectivity index is 1.54. The van der Waals surface area contributed by atoms with Gasteiger partial charge in [-0.05, 0) is 36.4 Å². The molecule has 1 saturated heterocycles. The van der Waals surface area contributed by atoms with Gasteiger partial charge < -0.3 is 20.9 Å². The summed E-state index contributed by atoms with van der Waals surface area (Å²) in [6, 6.07) is 17.4. The maximum absolute atomic E-state index is 12.3. The van der Waals surface area contributed by atoms with Crippen LogP contribution in [0.15, 0.2) is 54.6 Å². The number of nitrogens with zero attached hydrogens (tertiary/aromatic N) is 2. The van der Waals surface area contributed by atoms with Gasteiger partial charge in [-0.1, -0.05) is 18.2 Å². The molecule has 0 radical (unpaired) electrons. The molecule has 5 heteroatoms. The smallest absolute Gasteiger partial charge is 0.321 e. The van der Waals surface area contributed by atoms with Crippen LogP contribution in [0.1, 0.15) is 0 Å². The summed E-state index contributed by atoms with van der Waals surface area (Å²) in [5, 5.41) is 2.91. The van der Waals surface area contributed by atoms with Gasteiger partial charge in [-0.25, -0.2) is 4.79 Å². The summed E-state index contributed by atoms with van der Waals surface area (Å²) < 4.78 is 0. The molecule has 114 valence electrons. The van der Waals surface area contributed by atoms with Crippen molar-refractivity contribution in [3.05, 3.63) is 54.6 Å². The third-order valence-electron chi connectivity index (χ3n) is 3.85. The van der Waals surface area contributed by atoms with Crippen molar-refractivity contribution in [3.8, 4) is 0 Å². The highest BCUT2D eigenvalue weighted by Gasteiger charge is 2.21. The highest BCUT2D eigenvalue weighted by molar-refractivity contribution is 5.89. The fourth-order valence-corrected chi connectivity index (χ4v) is 2.58. The second-order valence-electron chi connectivity index (χ2n) is 5.36. The molecule has 3 rings (SSSR count). The Morgan fingerprint density at radius 3 is 2.18 bits per heavy atom. The second kappa shape index (κ2) is 6.39. The van der Waals surface area contributed by atoms with Crippen LogP contribution in [-0.4, -0.2) is 37.1 Å². The van der Waals surface area contributed by atoms with Gasteiger partial charge in [0.15, 0.2) is 0 Å². The Morgan fingerprint density at radius 2 is 1.55 bits per heavy atom. The van der Waals surface area contributed by atoms with E-state index in [0.717, 1.165) is 31.9 Å². The lowest BCUT2D eigenvalue weighted by Gasteiger charge is -2.36. The highest BCUT2D eigenvalue weighted by atomic mass is 16.2. The first-order valence-corrected chi connectivity index (χ1v) is 7.44. The van der Waals surface area contributed by atoms with E-state index in [2.05, 4.69) is 22.3 Å². The van der Waals surface area contributed by atoms with Crippen molar-refractivity contribution in [1.29, 1.82) is 0 Å². The number of rotatable bonds is 2. The van der Waals surface area contributed by atoms with Gasteiger partial charge in [0.2, 0.25) is 0 Å². The molecule has 0 aliphatic carbocycles. The largest absolute Gasteiger partial charge is 0.399 e. The van der Waals surface area contributed by atoms with Crippen LogP contribution in [0, 0.1) is 0 Å². The molecule has 0 bridgehead atoms. The van der Waals surface area contributed by atoms with Crippen molar-refractivity contribution in [2.24, 2.45) is 0 Å². The number of hydrogen-bond donors (Lipinski definition) is 2. The molecule has 22 heavy (non-hydrogen) atoms. The van der Waals surface area contributed by atoms with Gasteiger partial charge in [-0.2, -0.15) is 0 Å². The number of hydrogen-bond acceptors (Lipinski definition) is 3. The second-order valence-corrected chi connectivity index (χ2v) is 5.36. The van der Waals surface area contributed by atoms with E-state index >= 15 is 0 Å². The van der Waals surface area contributed by atoms with E-state index in [4.69, 9.17) is 5.73 Å². The predicted molar refractivity (Wildman–Crippen MR) is 90.1 cm³/mol. The molecule has 2 amide bonds. The van der Waals surface area contributed by atoms with Crippen LogP contribution in [0.3, 0.4) is 0 Å². The van der Waals surface area contributed by atoms with Gasteiger partial charge in [-0.3, -0.25) is 0 Å². The van der Waals surface area contributed by atoms with Gasteiger partial charge in [0.25, 0.3) is 0 Å². The molecule has 1 fully saturated rings. The van der Waals surface area contributed by atoms with Crippen LogP contribution in [0.5, 0.6) is 0 Å². The average Bonchev–Trinajstić information content (AvgIpc) is 2.58. The van der Waals surface area contributed by atoms with Crippen LogP contribution in [0.25, 0.3) is 0 Å². The van der Waals surface area contributed by atoms with Crippen molar-refractivity contribution in [3.63, 3.8) is 0 Å². The molecule has 0 spiro atoms. The molecule has 0 unspecified atom stereocenters. The van der Waals surface area contributed by atoms with Crippen LogP contribution in [0.4, 0.5) is 21.9 Å². The van der Waals surface area contributed by atoms with Crippen LogP contribution in [0.2, 0.25) is 0 Å². The summed E-state index contributed by atoms with van der Waals surface area (Å²) in [4.78, 5) is 16.4. The molecule has 3 N–H and O–H groups in total. The van der Waals surface area contributed by atoms with Crippen LogP contribution >= 0.6 is 0 Å². The predicted octanol–water partition coefficient (Wildman–Crippen LogP) is 2.62. The molecular weight excluding hydrogens is 276 g/mol. The van der Waals surface area contributed by atoms with E-state index in [1.165, 1.54) is 5.69 Å². The number of nitrogens with one attached hydrogen (secondary N) is 1. The number of nitrogens with two attached hydrogens (primary N) is 1. The third-order valence-corrected chi connectivity index (χ3v) is 3.85. The maximum atomic E-state index is 12.3. The lowest BCUT2D eigenvalue weighted by atomic mass is 10.2. The van der Waals surface area contributed by atoms with E-state index in [1.807, 2.05) is 35.2 Å². The lowest BCUT2D eigenvalue weighted by molar-refractivity contribution is 0.208. The number of nitrogen functional groups attached to an aromatic ring is 1. The van der Waals surface area contributed by atoms with Gasteiger partial charge in [-0.15, -0.1) is 0 Å². The van der Waals surface area contributed by atoms with Crippen LogP contribution < -0.4 is 16.0 Å². The molecule has 1 aliphatic rings. The zero-order chi connectivity index (χ0) is 15.4. The molecule has 0 aromatic heterocycles. The van der Waals surface area contributed by atoms with Gasteiger partial charge in [0.1, 0.15) is 0 Å². The molecule has 5 nitrogen and oxygen atoms in total. The quantitative estimate of drug-likeness (QED) is 0.837. The normalized spacial score (nSPS) is 14.7. The first-order chi connectivity index (χ1) is 10.7. The number of anilines is 3. The Labute approximate surface area is 130 Å². The minimum atomic E-state index is -0.0579. The number of benzene rings is 2. The molecule has 2 aromatic carbocycles. The molecule has 2 aromatic rings. The summed E-state index contributed by atoms with van der Waals surface area (Å²) in [5.74, 6) is 0. The summed E-state index contributed by atoms with van der Waals surface area (Å²) in [6.07, 6.45) is 0. The monoisotopic (exact) mass is 296 g/mol. The average molecular weight is 296 g/mol. The molecule has 1 aliphatic heterocycles. The van der Waals surface area contributed by atoms with Gasteiger partial charge in [0.05, 0.1) is 0 Å². The van der Waals surface area contributed by atoms with Gasteiger partial charge in [0, 0.05) is 43.2 Å². The summed E-state index contributed by atoms with van der Waals surface area (Å²) in [6.45, 7) is 3.13. The van der Waals surface area contributed by atoms with Crippen LogP contribution in [-0.2, 0) is 0 Å². The standard InChI is InChI=1S/C17H20N4O/c18-14-6-8-15(9-7-14)19-17(22)21-12-10-20(11-13-21)16-4-2-1-3-5-16/h1-9H,10-13,18H2,(H,19,22). The maximum Gasteiger partial charge on any atom is 0.321 e. The molecule has 0 atom stereocenters. The minimum absolute atomic E-state index is 0.0579. The summed E-state index contributed by atoms with van der Waals surface area (Å²) >= 11 is 0. The van der Waals surface area contributed by atoms with E-state index in [1.54, 1.807) is 12.1 Å². The van der Waals surface area contributed by atoms with Gasteiger partial charge >= 0.3 is 6.03 Å². The number of piperazine rings is 1.